The lowest BCUT2D eigenvalue weighted by Gasteiger charge is -2.11. The van der Waals surface area contributed by atoms with Crippen molar-refractivity contribution < 1.29 is 18.6 Å². The van der Waals surface area contributed by atoms with E-state index >= 15 is 0 Å². The Morgan fingerprint density at radius 1 is 1.64 bits per heavy atom. The molecular formula is C8H10F2N2O2. The van der Waals surface area contributed by atoms with Crippen LogP contribution in [0.3, 0.4) is 0 Å². The molecule has 0 bridgehead atoms. The number of nitrogens with two attached hydrogens (primary N) is 1. The number of aromatic nitrogens is 1. The van der Waals surface area contributed by atoms with E-state index < -0.39 is 12.1 Å². The molecule has 0 saturated carbocycles. The van der Waals surface area contributed by atoms with E-state index in [0.717, 1.165) is 6.20 Å². The maximum absolute atomic E-state index is 12.4. The van der Waals surface area contributed by atoms with Crippen molar-refractivity contribution in [1.82, 2.24) is 4.98 Å². The third-order valence-electron chi connectivity index (χ3n) is 1.76. The SMILES string of the molecule is COc1c(C(F)F)ncc(O)c1CN. The van der Waals surface area contributed by atoms with Gasteiger partial charge in [0.1, 0.15) is 11.4 Å². The van der Waals surface area contributed by atoms with Crippen LogP contribution in [0.15, 0.2) is 6.20 Å². The van der Waals surface area contributed by atoms with E-state index in [1.54, 1.807) is 0 Å². The Labute approximate surface area is 79.3 Å². The predicted molar refractivity (Wildman–Crippen MR) is 45.3 cm³/mol. The zero-order valence-corrected chi connectivity index (χ0v) is 7.50. The van der Waals surface area contributed by atoms with Crippen molar-refractivity contribution in [3.63, 3.8) is 0 Å². The van der Waals surface area contributed by atoms with E-state index in [2.05, 4.69) is 4.98 Å². The van der Waals surface area contributed by atoms with Crippen molar-refractivity contribution in [2.75, 3.05) is 7.11 Å². The molecule has 0 spiro atoms. The van der Waals surface area contributed by atoms with Crippen LogP contribution >= 0.6 is 0 Å². The van der Waals surface area contributed by atoms with E-state index in [9.17, 15) is 13.9 Å². The normalized spacial score (nSPS) is 10.6. The van der Waals surface area contributed by atoms with Crippen LogP contribution in [-0.2, 0) is 6.54 Å². The summed E-state index contributed by atoms with van der Waals surface area (Å²) in [5, 5.41) is 9.26. The summed E-state index contributed by atoms with van der Waals surface area (Å²) in [6.45, 7) is -0.0861. The molecule has 0 atom stereocenters. The summed E-state index contributed by atoms with van der Waals surface area (Å²) in [6.07, 6.45) is -1.82. The number of rotatable bonds is 3. The van der Waals surface area contributed by atoms with Gasteiger partial charge in [-0.05, 0) is 0 Å². The molecule has 0 aliphatic heterocycles. The quantitative estimate of drug-likeness (QED) is 0.776. The summed E-state index contributed by atoms with van der Waals surface area (Å²) in [5.74, 6) is -0.392. The number of pyridine rings is 1. The molecule has 1 aromatic rings. The largest absolute Gasteiger partial charge is 0.506 e. The first-order valence-electron chi connectivity index (χ1n) is 3.84. The number of ether oxygens (including phenoxy) is 1. The van der Waals surface area contributed by atoms with Gasteiger partial charge in [-0.3, -0.25) is 0 Å². The second-order valence-corrected chi connectivity index (χ2v) is 2.55. The standard InChI is InChI=1S/C8H10F2N2O2/c1-14-7-4(2-11)5(13)3-12-6(7)8(9)10/h3,8,13H,2,11H2,1H3. The zero-order chi connectivity index (χ0) is 10.7. The Balaban J connectivity index is 3.33. The van der Waals surface area contributed by atoms with Crippen LogP contribution in [-0.4, -0.2) is 17.2 Å². The Bertz CT molecular complexity index is 331. The minimum absolute atomic E-state index is 0.0861. The summed E-state index contributed by atoms with van der Waals surface area (Å²) < 4.78 is 29.5. The van der Waals surface area contributed by atoms with Gasteiger partial charge >= 0.3 is 0 Å². The summed E-state index contributed by atoms with van der Waals surface area (Å²) in [7, 11) is 1.22. The molecule has 4 nitrogen and oxygen atoms in total. The van der Waals surface area contributed by atoms with E-state index in [1.165, 1.54) is 7.11 Å². The van der Waals surface area contributed by atoms with Gasteiger partial charge in [-0.2, -0.15) is 0 Å². The molecule has 1 heterocycles. The van der Waals surface area contributed by atoms with Gasteiger partial charge in [0, 0.05) is 6.54 Å². The number of hydrogen-bond acceptors (Lipinski definition) is 4. The second kappa shape index (κ2) is 4.19. The van der Waals surface area contributed by atoms with Crippen LogP contribution in [0, 0.1) is 0 Å². The van der Waals surface area contributed by atoms with Gasteiger partial charge in [0.2, 0.25) is 0 Å². The third kappa shape index (κ3) is 1.74. The second-order valence-electron chi connectivity index (χ2n) is 2.55. The van der Waals surface area contributed by atoms with Gasteiger partial charge in [0.25, 0.3) is 6.43 Å². The van der Waals surface area contributed by atoms with Gasteiger partial charge in [0.05, 0.1) is 18.9 Å². The Morgan fingerprint density at radius 3 is 2.71 bits per heavy atom. The first kappa shape index (κ1) is 10.6. The lowest BCUT2D eigenvalue weighted by Crippen LogP contribution is -2.05. The number of hydrogen-bond donors (Lipinski definition) is 2. The summed E-state index contributed by atoms with van der Waals surface area (Å²) in [6, 6.07) is 0. The third-order valence-corrected chi connectivity index (χ3v) is 1.76. The van der Waals surface area contributed by atoms with Crippen molar-refractivity contribution in [1.29, 1.82) is 0 Å². The van der Waals surface area contributed by atoms with Gasteiger partial charge in [-0.1, -0.05) is 0 Å². The zero-order valence-electron chi connectivity index (χ0n) is 7.50. The fraction of sp³-hybridized carbons (Fsp3) is 0.375. The van der Waals surface area contributed by atoms with Crippen LogP contribution in [0.4, 0.5) is 8.78 Å². The summed E-state index contributed by atoms with van der Waals surface area (Å²) >= 11 is 0. The molecule has 78 valence electrons. The van der Waals surface area contributed by atoms with E-state index in [0.29, 0.717) is 0 Å². The highest BCUT2D eigenvalue weighted by atomic mass is 19.3. The van der Waals surface area contributed by atoms with Crippen molar-refractivity contribution in [2.45, 2.75) is 13.0 Å². The molecule has 0 fully saturated rings. The van der Waals surface area contributed by atoms with Gasteiger partial charge < -0.3 is 15.6 Å². The summed E-state index contributed by atoms with van der Waals surface area (Å²) in [5.41, 5.74) is 4.91. The molecule has 1 rings (SSSR count). The molecular weight excluding hydrogens is 194 g/mol. The molecule has 0 unspecified atom stereocenters. The first-order chi connectivity index (χ1) is 6.61. The van der Waals surface area contributed by atoms with Crippen LogP contribution in [0.1, 0.15) is 17.7 Å². The smallest absolute Gasteiger partial charge is 0.284 e. The lowest BCUT2D eigenvalue weighted by atomic mass is 10.2. The van der Waals surface area contributed by atoms with Gasteiger partial charge in [-0.15, -0.1) is 0 Å². The number of halogens is 2. The minimum atomic E-state index is -2.75. The molecule has 6 heteroatoms. The monoisotopic (exact) mass is 204 g/mol. The van der Waals surface area contributed by atoms with E-state index in [1.807, 2.05) is 0 Å². The maximum atomic E-state index is 12.4. The van der Waals surface area contributed by atoms with Crippen LogP contribution in [0.2, 0.25) is 0 Å². The molecule has 0 saturated heterocycles. The molecule has 0 aliphatic rings. The molecule has 14 heavy (non-hydrogen) atoms. The Hall–Kier alpha value is -1.43. The molecule has 1 aromatic heterocycles. The molecule has 0 aliphatic carbocycles. The predicted octanol–water partition coefficient (Wildman–Crippen LogP) is 1.19. The lowest BCUT2D eigenvalue weighted by molar-refractivity contribution is 0.141. The highest BCUT2D eigenvalue weighted by Gasteiger charge is 2.20. The fourth-order valence-electron chi connectivity index (χ4n) is 1.12. The van der Waals surface area contributed by atoms with Crippen LogP contribution in [0.25, 0.3) is 0 Å². The van der Waals surface area contributed by atoms with Crippen molar-refractivity contribution in [3.8, 4) is 11.5 Å². The van der Waals surface area contributed by atoms with Crippen molar-refractivity contribution in [3.05, 3.63) is 17.5 Å². The molecule has 0 amide bonds. The molecule has 0 radical (unpaired) electrons. The van der Waals surface area contributed by atoms with E-state index in [-0.39, 0.29) is 23.6 Å². The number of aromatic hydroxyl groups is 1. The maximum Gasteiger partial charge on any atom is 0.284 e. The van der Waals surface area contributed by atoms with Crippen LogP contribution in [0.5, 0.6) is 11.5 Å². The average molecular weight is 204 g/mol. The van der Waals surface area contributed by atoms with Crippen LogP contribution < -0.4 is 10.5 Å². The number of alkyl halides is 2. The highest BCUT2D eigenvalue weighted by Crippen LogP contribution is 2.34. The fourth-order valence-corrected chi connectivity index (χ4v) is 1.12. The average Bonchev–Trinajstić information content (AvgIpc) is 2.16. The summed E-state index contributed by atoms with van der Waals surface area (Å²) in [4.78, 5) is 3.38. The van der Waals surface area contributed by atoms with Crippen molar-refractivity contribution in [2.24, 2.45) is 5.73 Å². The Kier molecular flexibility index (Phi) is 3.19. The minimum Gasteiger partial charge on any atom is -0.506 e. The van der Waals surface area contributed by atoms with Gasteiger partial charge in [0.15, 0.2) is 5.75 Å². The molecule has 3 N–H and O–H groups in total. The topological polar surface area (TPSA) is 68.4 Å². The molecule has 0 aromatic carbocycles. The number of nitrogens with zero attached hydrogens (tertiary/aromatic N) is 1. The number of methoxy groups -OCH3 is 1. The highest BCUT2D eigenvalue weighted by molar-refractivity contribution is 5.45. The van der Waals surface area contributed by atoms with E-state index in [4.69, 9.17) is 10.5 Å². The van der Waals surface area contributed by atoms with Crippen molar-refractivity contribution >= 4 is 0 Å². The first-order valence-corrected chi connectivity index (χ1v) is 3.84. The Morgan fingerprint density at radius 2 is 2.29 bits per heavy atom. The van der Waals surface area contributed by atoms with Gasteiger partial charge in [-0.25, -0.2) is 13.8 Å².